The minimum Gasteiger partial charge on any atom is -0.507 e. The molecule has 0 unspecified atom stereocenters. The number of aromatic nitrogens is 1. The number of nitrogens with one attached hydrogen (secondary N) is 1. The summed E-state index contributed by atoms with van der Waals surface area (Å²) in [6, 6.07) is 13.7. The minimum absolute atomic E-state index is 0.129. The Morgan fingerprint density at radius 3 is 2.82 bits per heavy atom. The number of phenolic OH excluding ortho intramolecular Hbond substituents is 1. The van der Waals surface area contributed by atoms with Gasteiger partial charge in [0.05, 0.1) is 23.9 Å². The summed E-state index contributed by atoms with van der Waals surface area (Å²) < 4.78 is 5.01. The highest BCUT2D eigenvalue weighted by Crippen LogP contribution is 2.26. The van der Waals surface area contributed by atoms with Crippen LogP contribution >= 0.6 is 0 Å². The number of fused-ring (bicyclic) bond motifs is 1. The number of benzene rings is 2. The number of aromatic hydroxyl groups is 1. The molecule has 5 nitrogen and oxygen atoms in total. The minimum atomic E-state index is -0.392. The quantitative estimate of drug-likeness (QED) is 0.778. The molecule has 0 radical (unpaired) electrons. The van der Waals surface area contributed by atoms with E-state index in [1.54, 1.807) is 18.3 Å². The van der Waals surface area contributed by atoms with Crippen LogP contribution in [0.4, 0.5) is 5.69 Å². The van der Waals surface area contributed by atoms with E-state index in [2.05, 4.69) is 10.3 Å². The van der Waals surface area contributed by atoms with Crippen LogP contribution in [0.1, 0.15) is 10.4 Å². The Labute approximate surface area is 127 Å². The third-order valence-electron chi connectivity index (χ3n) is 3.34. The monoisotopic (exact) mass is 294 g/mol. The summed E-state index contributed by atoms with van der Waals surface area (Å²) in [4.78, 5) is 16.6. The number of pyridine rings is 1. The van der Waals surface area contributed by atoms with Crippen molar-refractivity contribution in [2.75, 3.05) is 12.4 Å². The predicted octanol–water partition coefficient (Wildman–Crippen LogP) is 3.20. The molecule has 2 aromatic carbocycles. The van der Waals surface area contributed by atoms with Crippen LogP contribution in [-0.4, -0.2) is 23.1 Å². The number of carbonyl (C=O) groups excluding carboxylic acids is 1. The van der Waals surface area contributed by atoms with Gasteiger partial charge < -0.3 is 15.2 Å². The molecule has 0 spiro atoms. The number of anilines is 1. The molecule has 22 heavy (non-hydrogen) atoms. The molecule has 1 aromatic heterocycles. The molecule has 5 heteroatoms. The van der Waals surface area contributed by atoms with E-state index in [9.17, 15) is 9.90 Å². The summed E-state index contributed by atoms with van der Waals surface area (Å²) in [6.07, 6.45) is 1.70. The Morgan fingerprint density at radius 2 is 2.05 bits per heavy atom. The fourth-order valence-corrected chi connectivity index (χ4v) is 2.23. The van der Waals surface area contributed by atoms with Gasteiger partial charge in [-0.05, 0) is 36.4 Å². The SMILES string of the molecule is COc1ccc(C(=O)Nc2cccc3ncccc23)c(O)c1. The Morgan fingerprint density at radius 1 is 1.18 bits per heavy atom. The van der Waals surface area contributed by atoms with Crippen LogP contribution in [0.15, 0.2) is 54.7 Å². The third kappa shape index (κ3) is 2.56. The Bertz CT molecular complexity index is 841. The third-order valence-corrected chi connectivity index (χ3v) is 3.34. The standard InChI is InChI=1S/C17H14N2O3/c1-22-11-7-8-13(16(20)10-11)17(21)19-15-6-2-5-14-12(15)4-3-9-18-14/h2-10,20H,1H3,(H,19,21). The molecule has 0 aliphatic carbocycles. The van der Waals surface area contributed by atoms with Gasteiger partial charge in [-0.2, -0.15) is 0 Å². The molecule has 0 saturated heterocycles. The van der Waals surface area contributed by atoms with Crippen LogP contribution in [0.2, 0.25) is 0 Å². The second-order valence-electron chi connectivity index (χ2n) is 4.71. The van der Waals surface area contributed by atoms with Crippen molar-refractivity contribution in [3.8, 4) is 11.5 Å². The van der Waals surface area contributed by atoms with E-state index in [1.807, 2.05) is 24.3 Å². The first-order valence-corrected chi connectivity index (χ1v) is 6.71. The summed E-state index contributed by atoms with van der Waals surface area (Å²) in [5.41, 5.74) is 1.62. The molecule has 0 bridgehead atoms. The lowest BCUT2D eigenvalue weighted by atomic mass is 10.1. The zero-order chi connectivity index (χ0) is 15.5. The predicted molar refractivity (Wildman–Crippen MR) is 84.4 cm³/mol. The smallest absolute Gasteiger partial charge is 0.259 e. The highest BCUT2D eigenvalue weighted by Gasteiger charge is 2.13. The maximum absolute atomic E-state index is 12.3. The first kappa shape index (κ1) is 13.9. The number of hydrogen-bond acceptors (Lipinski definition) is 4. The number of ether oxygens (including phenoxy) is 1. The van der Waals surface area contributed by atoms with Crippen molar-refractivity contribution < 1.29 is 14.6 Å². The molecular formula is C17H14N2O3. The van der Waals surface area contributed by atoms with Gasteiger partial charge >= 0.3 is 0 Å². The van der Waals surface area contributed by atoms with Gasteiger partial charge in [-0.15, -0.1) is 0 Å². The van der Waals surface area contributed by atoms with Crippen molar-refractivity contribution >= 4 is 22.5 Å². The van der Waals surface area contributed by atoms with Crippen molar-refractivity contribution in [1.82, 2.24) is 4.98 Å². The van der Waals surface area contributed by atoms with Crippen LogP contribution in [0.5, 0.6) is 11.5 Å². The summed E-state index contributed by atoms with van der Waals surface area (Å²) in [6.45, 7) is 0. The highest BCUT2D eigenvalue weighted by molar-refractivity contribution is 6.10. The first-order valence-electron chi connectivity index (χ1n) is 6.71. The van der Waals surface area contributed by atoms with Gasteiger partial charge in [0.25, 0.3) is 5.91 Å². The topological polar surface area (TPSA) is 71.5 Å². The molecule has 3 aromatic rings. The molecule has 0 aliphatic rings. The van der Waals surface area contributed by atoms with E-state index in [0.29, 0.717) is 11.4 Å². The lowest BCUT2D eigenvalue weighted by molar-refractivity contribution is 0.102. The van der Waals surface area contributed by atoms with Gasteiger partial charge in [-0.1, -0.05) is 6.07 Å². The van der Waals surface area contributed by atoms with E-state index in [0.717, 1.165) is 10.9 Å². The van der Waals surface area contributed by atoms with Crippen LogP contribution in [0, 0.1) is 0 Å². The first-order chi connectivity index (χ1) is 10.7. The fourth-order valence-electron chi connectivity index (χ4n) is 2.23. The van der Waals surface area contributed by atoms with E-state index in [1.165, 1.54) is 19.2 Å². The number of phenols is 1. The summed E-state index contributed by atoms with van der Waals surface area (Å²) in [5.74, 6) is -0.0323. The molecule has 0 saturated carbocycles. The Balaban J connectivity index is 1.93. The summed E-state index contributed by atoms with van der Waals surface area (Å²) in [7, 11) is 1.50. The largest absolute Gasteiger partial charge is 0.507 e. The molecule has 0 aliphatic heterocycles. The summed E-state index contributed by atoms with van der Waals surface area (Å²) in [5, 5.41) is 13.6. The van der Waals surface area contributed by atoms with Crippen LogP contribution < -0.4 is 10.1 Å². The van der Waals surface area contributed by atoms with Crippen LogP contribution in [0.25, 0.3) is 10.9 Å². The maximum atomic E-state index is 12.3. The van der Waals surface area contributed by atoms with Crippen molar-refractivity contribution in [1.29, 1.82) is 0 Å². The van der Waals surface area contributed by atoms with Gasteiger partial charge in [-0.3, -0.25) is 9.78 Å². The van der Waals surface area contributed by atoms with Gasteiger partial charge in [-0.25, -0.2) is 0 Å². The number of methoxy groups -OCH3 is 1. The number of hydrogen-bond donors (Lipinski definition) is 2. The van der Waals surface area contributed by atoms with Crippen LogP contribution in [-0.2, 0) is 0 Å². The lowest BCUT2D eigenvalue weighted by Gasteiger charge is -2.10. The Kier molecular flexibility index (Phi) is 3.62. The average molecular weight is 294 g/mol. The molecule has 2 N–H and O–H groups in total. The number of rotatable bonds is 3. The normalized spacial score (nSPS) is 10.4. The Hall–Kier alpha value is -3.08. The second-order valence-corrected chi connectivity index (χ2v) is 4.71. The summed E-state index contributed by atoms with van der Waals surface area (Å²) >= 11 is 0. The molecule has 3 rings (SSSR count). The highest BCUT2D eigenvalue weighted by atomic mass is 16.5. The van der Waals surface area contributed by atoms with E-state index < -0.39 is 5.91 Å². The van der Waals surface area contributed by atoms with Crippen molar-refractivity contribution in [2.24, 2.45) is 0 Å². The van der Waals surface area contributed by atoms with E-state index in [4.69, 9.17) is 4.74 Å². The van der Waals surface area contributed by atoms with E-state index in [-0.39, 0.29) is 11.3 Å². The maximum Gasteiger partial charge on any atom is 0.259 e. The van der Waals surface area contributed by atoms with Crippen molar-refractivity contribution in [2.45, 2.75) is 0 Å². The lowest BCUT2D eigenvalue weighted by Crippen LogP contribution is -2.12. The zero-order valence-electron chi connectivity index (χ0n) is 11.9. The molecular weight excluding hydrogens is 280 g/mol. The molecule has 1 amide bonds. The molecule has 0 atom stereocenters. The van der Waals surface area contributed by atoms with Crippen LogP contribution in [0.3, 0.4) is 0 Å². The van der Waals surface area contributed by atoms with Gasteiger partial charge in [0.2, 0.25) is 0 Å². The second kappa shape index (κ2) is 5.73. The van der Waals surface area contributed by atoms with Crippen molar-refractivity contribution in [3.05, 3.63) is 60.3 Å². The fraction of sp³-hybridized carbons (Fsp3) is 0.0588. The average Bonchev–Trinajstić information content (AvgIpc) is 2.55. The molecule has 1 heterocycles. The van der Waals surface area contributed by atoms with E-state index >= 15 is 0 Å². The zero-order valence-corrected chi connectivity index (χ0v) is 11.9. The van der Waals surface area contributed by atoms with Gasteiger partial charge in [0, 0.05) is 17.6 Å². The molecule has 0 fully saturated rings. The number of nitrogens with zero attached hydrogens (tertiary/aromatic N) is 1. The van der Waals surface area contributed by atoms with Gasteiger partial charge in [0.1, 0.15) is 11.5 Å². The number of amides is 1. The number of carbonyl (C=O) groups is 1. The van der Waals surface area contributed by atoms with Gasteiger partial charge in [0.15, 0.2) is 0 Å². The molecule has 110 valence electrons. The van der Waals surface area contributed by atoms with Crippen molar-refractivity contribution in [3.63, 3.8) is 0 Å².